The second-order valence-electron chi connectivity index (χ2n) is 2.19. The number of carbonyl (C=O) groups excluding carboxylic acids is 1. The molecule has 0 rings (SSSR count). The monoisotopic (exact) mass is 281 g/mol. The van der Waals surface area contributed by atoms with Crippen LogP contribution in [0.2, 0.25) is 0 Å². The Morgan fingerprint density at radius 1 is 1.67 bits per heavy atom. The summed E-state index contributed by atoms with van der Waals surface area (Å²) < 4.78 is 2.72. The topological polar surface area (TPSA) is 29.5 Å². The lowest BCUT2D eigenvalue weighted by atomic mass is 10.3. The molecule has 4 heteroatoms. The Hall–Kier alpha value is -0.280. The molecule has 68 valence electrons. The molecule has 0 unspecified atom stereocenters. The quantitative estimate of drug-likeness (QED) is 0.320. The van der Waals surface area contributed by atoms with Crippen LogP contribution < -0.4 is 0 Å². The van der Waals surface area contributed by atoms with Gasteiger partial charge in [-0.2, -0.15) is 0 Å². The molecule has 0 amide bonds. The molecule has 0 bridgehead atoms. The fourth-order valence-corrected chi connectivity index (χ4v) is 0.853. The number of rotatable bonds is 6. The highest BCUT2D eigenvalue weighted by molar-refractivity contribution is 14.1. The molecule has 0 aromatic rings. The molecule has 0 heterocycles. The van der Waals surface area contributed by atoms with Crippen molar-refractivity contribution in [1.82, 2.24) is 5.06 Å². The van der Waals surface area contributed by atoms with E-state index in [0.29, 0.717) is 13.0 Å². The Morgan fingerprint density at radius 2 is 2.42 bits per heavy atom. The van der Waals surface area contributed by atoms with Gasteiger partial charge in [0.2, 0.25) is 0 Å². The highest BCUT2D eigenvalue weighted by Crippen LogP contribution is 1.94. The van der Waals surface area contributed by atoms with Crippen LogP contribution in [-0.4, -0.2) is 24.6 Å². The molecule has 0 spiro atoms. The summed E-state index contributed by atoms with van der Waals surface area (Å²) in [4.78, 5) is 14.7. The van der Waals surface area contributed by atoms with Crippen molar-refractivity contribution in [3.05, 3.63) is 0 Å². The van der Waals surface area contributed by atoms with Gasteiger partial charge in [-0.25, -0.2) is 0 Å². The zero-order valence-electron chi connectivity index (χ0n) is 7.05. The van der Waals surface area contributed by atoms with E-state index in [1.165, 1.54) is 0 Å². The van der Waals surface area contributed by atoms with Crippen molar-refractivity contribution in [2.75, 3.05) is 13.1 Å². The third kappa shape index (κ3) is 6.43. The summed E-state index contributed by atoms with van der Waals surface area (Å²) in [6, 6.07) is 0. The molecular formula is C8H12INO2. The molecule has 0 saturated carbocycles. The number of halogens is 1. The Balaban J connectivity index is 3.65. The molecule has 0 saturated heterocycles. The number of nitrogens with zero attached hydrogens (tertiary/aromatic N) is 1. The fraction of sp³-hybridized carbons (Fsp3) is 0.625. The van der Waals surface area contributed by atoms with E-state index in [2.05, 4.69) is 16.8 Å². The lowest BCUT2D eigenvalue weighted by Crippen LogP contribution is -2.25. The SMILES string of the molecule is CCCCN(CC#CI)OC=O. The summed E-state index contributed by atoms with van der Waals surface area (Å²) in [7, 11) is 0. The Kier molecular flexibility index (Phi) is 8.61. The molecule has 3 nitrogen and oxygen atoms in total. The second-order valence-corrected chi connectivity index (χ2v) is 2.73. The largest absolute Gasteiger partial charge is 0.370 e. The van der Waals surface area contributed by atoms with Gasteiger partial charge in [0.15, 0.2) is 0 Å². The van der Waals surface area contributed by atoms with Gasteiger partial charge >= 0.3 is 6.47 Å². The third-order valence-corrected chi connectivity index (χ3v) is 1.66. The minimum absolute atomic E-state index is 0.435. The first kappa shape index (κ1) is 11.7. The highest BCUT2D eigenvalue weighted by atomic mass is 127. The molecule has 0 N–H and O–H groups in total. The van der Waals surface area contributed by atoms with Gasteiger partial charge in [0.1, 0.15) is 0 Å². The van der Waals surface area contributed by atoms with Crippen molar-refractivity contribution in [2.24, 2.45) is 0 Å². The molecule has 0 aliphatic heterocycles. The fourth-order valence-electron chi connectivity index (χ4n) is 0.682. The molecule has 12 heavy (non-hydrogen) atoms. The maximum absolute atomic E-state index is 10.0. The summed E-state index contributed by atoms with van der Waals surface area (Å²) in [5, 5.41) is 1.56. The van der Waals surface area contributed by atoms with Crippen LogP contribution in [0.15, 0.2) is 0 Å². The zero-order valence-corrected chi connectivity index (χ0v) is 9.20. The summed E-state index contributed by atoms with van der Waals surface area (Å²) in [6.45, 7) is 3.76. The zero-order chi connectivity index (χ0) is 9.23. The second kappa shape index (κ2) is 8.81. The van der Waals surface area contributed by atoms with Crippen molar-refractivity contribution in [1.29, 1.82) is 0 Å². The van der Waals surface area contributed by atoms with Gasteiger partial charge in [-0.05, 0) is 10.3 Å². The predicted octanol–water partition coefficient (Wildman–Crippen LogP) is 1.57. The summed E-state index contributed by atoms with van der Waals surface area (Å²) in [5.41, 5.74) is 0. The van der Waals surface area contributed by atoms with E-state index in [4.69, 9.17) is 4.84 Å². The molecule has 0 aromatic heterocycles. The molecule has 0 aliphatic rings. The van der Waals surface area contributed by atoms with E-state index in [9.17, 15) is 4.79 Å². The molecule has 0 aliphatic carbocycles. The van der Waals surface area contributed by atoms with Crippen LogP contribution >= 0.6 is 22.6 Å². The number of unbranched alkanes of at least 4 members (excludes halogenated alkanes) is 1. The van der Waals surface area contributed by atoms with Gasteiger partial charge in [0.05, 0.1) is 6.54 Å². The van der Waals surface area contributed by atoms with Crippen molar-refractivity contribution >= 4 is 29.1 Å². The highest BCUT2D eigenvalue weighted by Gasteiger charge is 2.00. The predicted molar refractivity (Wildman–Crippen MR) is 55.4 cm³/mol. The standard InChI is InChI=1S/C8H12INO2/c1-2-3-6-10(12-8-11)7-4-5-9/h8H,2-3,6-7H2,1H3. The van der Waals surface area contributed by atoms with Crippen LogP contribution in [0.25, 0.3) is 0 Å². The Morgan fingerprint density at radius 3 is 2.92 bits per heavy atom. The molecular weight excluding hydrogens is 269 g/mol. The van der Waals surface area contributed by atoms with E-state index < -0.39 is 0 Å². The maximum Gasteiger partial charge on any atom is 0.313 e. The minimum atomic E-state index is 0.435. The lowest BCUT2D eigenvalue weighted by Gasteiger charge is -2.14. The van der Waals surface area contributed by atoms with Crippen LogP contribution in [0.3, 0.4) is 0 Å². The van der Waals surface area contributed by atoms with Crippen LogP contribution in [0, 0.1) is 9.85 Å². The van der Waals surface area contributed by atoms with E-state index in [0.717, 1.165) is 19.4 Å². The van der Waals surface area contributed by atoms with Crippen molar-refractivity contribution in [3.63, 3.8) is 0 Å². The molecule has 0 atom stereocenters. The Labute approximate surface area is 86.5 Å². The van der Waals surface area contributed by atoms with Crippen molar-refractivity contribution in [3.8, 4) is 9.85 Å². The van der Waals surface area contributed by atoms with Gasteiger partial charge in [-0.1, -0.05) is 19.3 Å². The van der Waals surface area contributed by atoms with Crippen LogP contribution in [-0.2, 0) is 9.63 Å². The Bertz CT molecular complexity index is 174. The number of hydrogen-bond donors (Lipinski definition) is 0. The van der Waals surface area contributed by atoms with Crippen molar-refractivity contribution < 1.29 is 9.63 Å². The first-order valence-electron chi connectivity index (χ1n) is 3.79. The van der Waals surface area contributed by atoms with Gasteiger partial charge < -0.3 is 4.84 Å². The first-order chi connectivity index (χ1) is 5.85. The van der Waals surface area contributed by atoms with Gasteiger partial charge in [0, 0.05) is 29.1 Å². The minimum Gasteiger partial charge on any atom is -0.370 e. The van der Waals surface area contributed by atoms with E-state index in [-0.39, 0.29) is 0 Å². The van der Waals surface area contributed by atoms with Gasteiger partial charge in [-0.3, -0.25) is 4.79 Å². The first-order valence-corrected chi connectivity index (χ1v) is 4.86. The number of hydroxylamine groups is 2. The third-order valence-electron chi connectivity index (χ3n) is 1.28. The number of hydrogen-bond acceptors (Lipinski definition) is 3. The lowest BCUT2D eigenvalue weighted by molar-refractivity contribution is -0.170. The molecule has 0 aromatic carbocycles. The van der Waals surface area contributed by atoms with Gasteiger partial charge in [0.25, 0.3) is 0 Å². The normalized spacial score (nSPS) is 8.92. The van der Waals surface area contributed by atoms with E-state index >= 15 is 0 Å². The maximum atomic E-state index is 10.0. The molecule has 0 fully saturated rings. The summed E-state index contributed by atoms with van der Waals surface area (Å²) in [6.07, 6.45) is 2.09. The molecule has 0 radical (unpaired) electrons. The smallest absolute Gasteiger partial charge is 0.313 e. The van der Waals surface area contributed by atoms with Crippen molar-refractivity contribution in [2.45, 2.75) is 19.8 Å². The van der Waals surface area contributed by atoms with Crippen LogP contribution in [0.5, 0.6) is 0 Å². The van der Waals surface area contributed by atoms with E-state index in [1.54, 1.807) is 5.06 Å². The average Bonchev–Trinajstić information content (AvgIpc) is 2.10. The summed E-state index contributed by atoms with van der Waals surface area (Å²) in [5.74, 6) is 2.82. The van der Waals surface area contributed by atoms with Gasteiger partial charge in [-0.15, -0.1) is 5.06 Å². The average molecular weight is 281 g/mol. The van der Waals surface area contributed by atoms with E-state index in [1.807, 2.05) is 22.6 Å². The summed E-state index contributed by atoms with van der Waals surface area (Å²) >= 11 is 1.96. The van der Waals surface area contributed by atoms with Crippen LogP contribution in [0.1, 0.15) is 19.8 Å². The number of carbonyl (C=O) groups is 1. The van der Waals surface area contributed by atoms with Crippen LogP contribution in [0.4, 0.5) is 0 Å².